The van der Waals surface area contributed by atoms with Gasteiger partial charge < -0.3 is 15.0 Å². The fourth-order valence-electron chi connectivity index (χ4n) is 2.55. The van der Waals surface area contributed by atoms with Gasteiger partial charge in [0, 0.05) is 18.7 Å². The molecule has 0 saturated heterocycles. The van der Waals surface area contributed by atoms with Gasteiger partial charge in [-0.2, -0.15) is 0 Å². The number of aromatic nitrogens is 1. The van der Waals surface area contributed by atoms with Gasteiger partial charge in [-0.3, -0.25) is 0 Å². The maximum absolute atomic E-state index is 5.80. The van der Waals surface area contributed by atoms with Gasteiger partial charge in [-0.05, 0) is 29.5 Å². The van der Waals surface area contributed by atoms with Gasteiger partial charge in [-0.1, -0.05) is 23.4 Å². The Kier molecular flexibility index (Phi) is 3.13. The number of nitrogens with two attached hydrogens (primary N) is 1. The summed E-state index contributed by atoms with van der Waals surface area (Å²) in [6, 6.07) is 6.25. The third kappa shape index (κ3) is 1.94. The Bertz CT molecular complexity index is 523. The zero-order valence-corrected chi connectivity index (χ0v) is 10.1. The Balaban J connectivity index is 2.12. The number of ether oxygens (including phenoxy) is 1. The van der Waals surface area contributed by atoms with E-state index in [4.69, 9.17) is 15.0 Å². The van der Waals surface area contributed by atoms with Gasteiger partial charge in [-0.25, -0.2) is 0 Å². The number of fused-ring (bicyclic) bond motifs is 1. The topological polar surface area (TPSA) is 61.3 Å². The van der Waals surface area contributed by atoms with E-state index in [0.717, 1.165) is 25.0 Å². The van der Waals surface area contributed by atoms with Gasteiger partial charge in [0.05, 0.1) is 12.3 Å². The van der Waals surface area contributed by atoms with Crippen molar-refractivity contribution in [2.75, 3.05) is 13.2 Å². The second kappa shape index (κ2) is 4.92. The largest absolute Gasteiger partial charge is 0.372 e. The molecule has 0 spiro atoms. The molecule has 0 radical (unpaired) electrons. The number of hydrogen-bond donors (Lipinski definition) is 1. The molecule has 1 aliphatic heterocycles. The molecule has 2 aromatic rings. The SMILES string of the molecule is NC[C@H]1OCCCc2c(-c3cnoc3)cccc21. The molecule has 1 aliphatic rings. The summed E-state index contributed by atoms with van der Waals surface area (Å²) in [5, 5.41) is 3.78. The molecule has 0 bridgehead atoms. The predicted octanol–water partition coefficient (Wildman–Crippen LogP) is 2.30. The van der Waals surface area contributed by atoms with Crippen LogP contribution in [0.5, 0.6) is 0 Å². The molecule has 0 fully saturated rings. The summed E-state index contributed by atoms with van der Waals surface area (Å²) in [4.78, 5) is 0. The van der Waals surface area contributed by atoms with Crippen molar-refractivity contribution in [2.24, 2.45) is 5.73 Å². The van der Waals surface area contributed by atoms with E-state index < -0.39 is 0 Å². The highest BCUT2D eigenvalue weighted by atomic mass is 16.5. The van der Waals surface area contributed by atoms with Crippen LogP contribution >= 0.6 is 0 Å². The first-order valence-corrected chi connectivity index (χ1v) is 6.23. The van der Waals surface area contributed by atoms with Crippen LogP contribution in [-0.2, 0) is 11.2 Å². The van der Waals surface area contributed by atoms with Crippen molar-refractivity contribution in [2.45, 2.75) is 18.9 Å². The van der Waals surface area contributed by atoms with Crippen LogP contribution in [0, 0.1) is 0 Å². The van der Waals surface area contributed by atoms with Crippen LogP contribution in [-0.4, -0.2) is 18.3 Å². The molecule has 18 heavy (non-hydrogen) atoms. The third-order valence-corrected chi connectivity index (χ3v) is 3.41. The zero-order valence-electron chi connectivity index (χ0n) is 10.1. The first kappa shape index (κ1) is 11.4. The Morgan fingerprint density at radius 3 is 3.11 bits per heavy atom. The molecule has 0 aliphatic carbocycles. The highest BCUT2D eigenvalue weighted by molar-refractivity contribution is 5.67. The first-order valence-electron chi connectivity index (χ1n) is 6.23. The molecular formula is C14H16N2O2. The fraction of sp³-hybridized carbons (Fsp3) is 0.357. The predicted molar refractivity (Wildman–Crippen MR) is 68.0 cm³/mol. The monoisotopic (exact) mass is 244 g/mol. The molecule has 1 atom stereocenters. The Morgan fingerprint density at radius 2 is 2.33 bits per heavy atom. The Morgan fingerprint density at radius 1 is 1.39 bits per heavy atom. The lowest BCUT2D eigenvalue weighted by atomic mass is 9.92. The van der Waals surface area contributed by atoms with Gasteiger partial charge in [0.1, 0.15) is 6.26 Å². The molecule has 2 N–H and O–H groups in total. The minimum atomic E-state index is 0.00214. The van der Waals surface area contributed by atoms with Gasteiger partial charge >= 0.3 is 0 Å². The first-order chi connectivity index (χ1) is 8.90. The van der Waals surface area contributed by atoms with Crippen LogP contribution in [0.25, 0.3) is 11.1 Å². The van der Waals surface area contributed by atoms with Gasteiger partial charge in [0.2, 0.25) is 0 Å². The summed E-state index contributed by atoms with van der Waals surface area (Å²) < 4.78 is 10.7. The van der Waals surface area contributed by atoms with Crippen molar-refractivity contribution in [1.29, 1.82) is 0 Å². The van der Waals surface area contributed by atoms with E-state index in [0.29, 0.717) is 6.54 Å². The summed E-state index contributed by atoms with van der Waals surface area (Å²) in [6.07, 6.45) is 5.46. The van der Waals surface area contributed by atoms with Crippen molar-refractivity contribution >= 4 is 0 Å². The van der Waals surface area contributed by atoms with Crippen molar-refractivity contribution in [3.63, 3.8) is 0 Å². The molecule has 0 unspecified atom stereocenters. The number of rotatable bonds is 2. The number of hydrogen-bond acceptors (Lipinski definition) is 4. The van der Waals surface area contributed by atoms with E-state index in [1.807, 2.05) is 6.07 Å². The second-order valence-corrected chi connectivity index (χ2v) is 4.49. The van der Waals surface area contributed by atoms with Gasteiger partial charge in [-0.15, -0.1) is 0 Å². The highest BCUT2D eigenvalue weighted by Crippen LogP contribution is 2.33. The summed E-state index contributed by atoms with van der Waals surface area (Å²) in [6.45, 7) is 1.28. The lowest BCUT2D eigenvalue weighted by Gasteiger charge is -2.17. The lowest BCUT2D eigenvalue weighted by molar-refractivity contribution is 0.0627. The molecule has 4 heteroatoms. The molecule has 0 saturated carbocycles. The van der Waals surface area contributed by atoms with Crippen molar-refractivity contribution in [3.8, 4) is 11.1 Å². The highest BCUT2D eigenvalue weighted by Gasteiger charge is 2.20. The molecule has 1 aromatic carbocycles. The van der Waals surface area contributed by atoms with E-state index in [2.05, 4.69) is 17.3 Å². The van der Waals surface area contributed by atoms with Crippen LogP contribution in [0.4, 0.5) is 0 Å². The van der Waals surface area contributed by atoms with E-state index in [1.54, 1.807) is 12.5 Å². The molecule has 1 aromatic heterocycles. The molecule has 2 heterocycles. The van der Waals surface area contributed by atoms with Gasteiger partial charge in [0.15, 0.2) is 0 Å². The molecule has 94 valence electrons. The van der Waals surface area contributed by atoms with Crippen LogP contribution in [0.1, 0.15) is 23.7 Å². The average molecular weight is 244 g/mol. The summed E-state index contributed by atoms with van der Waals surface area (Å²) in [7, 11) is 0. The van der Waals surface area contributed by atoms with Crippen LogP contribution in [0.3, 0.4) is 0 Å². The molecular weight excluding hydrogens is 228 g/mol. The maximum Gasteiger partial charge on any atom is 0.131 e. The molecule has 3 rings (SSSR count). The van der Waals surface area contributed by atoms with E-state index >= 15 is 0 Å². The quantitative estimate of drug-likeness (QED) is 0.880. The van der Waals surface area contributed by atoms with Crippen molar-refractivity contribution in [1.82, 2.24) is 5.16 Å². The van der Waals surface area contributed by atoms with Gasteiger partial charge in [0.25, 0.3) is 0 Å². The molecule has 4 nitrogen and oxygen atoms in total. The maximum atomic E-state index is 5.80. The van der Waals surface area contributed by atoms with E-state index in [9.17, 15) is 0 Å². The minimum absolute atomic E-state index is 0.00214. The Hall–Kier alpha value is -1.65. The normalized spacial score (nSPS) is 19.3. The second-order valence-electron chi connectivity index (χ2n) is 4.49. The summed E-state index contributed by atoms with van der Waals surface area (Å²) in [5.74, 6) is 0. The lowest BCUT2D eigenvalue weighted by Crippen LogP contribution is -2.16. The standard InChI is InChI=1S/C14H16N2O2/c15-7-14-13-4-1-3-11(10-8-16-18-9-10)12(13)5-2-6-17-14/h1,3-4,8-9,14H,2,5-7,15H2/t14-/m1/s1. The Labute approximate surface area is 106 Å². The van der Waals surface area contributed by atoms with Crippen molar-refractivity contribution < 1.29 is 9.26 Å². The summed E-state index contributed by atoms with van der Waals surface area (Å²) in [5.41, 5.74) is 10.5. The smallest absolute Gasteiger partial charge is 0.131 e. The molecule has 0 amide bonds. The van der Waals surface area contributed by atoms with Crippen LogP contribution < -0.4 is 5.73 Å². The summed E-state index contributed by atoms with van der Waals surface area (Å²) >= 11 is 0. The average Bonchev–Trinajstić information content (AvgIpc) is 2.85. The van der Waals surface area contributed by atoms with Crippen LogP contribution in [0.2, 0.25) is 0 Å². The number of nitrogens with zero attached hydrogens (tertiary/aromatic N) is 1. The zero-order chi connectivity index (χ0) is 12.4. The fourth-order valence-corrected chi connectivity index (χ4v) is 2.55. The minimum Gasteiger partial charge on any atom is -0.372 e. The number of benzene rings is 1. The third-order valence-electron chi connectivity index (χ3n) is 3.41. The van der Waals surface area contributed by atoms with Crippen molar-refractivity contribution in [3.05, 3.63) is 41.8 Å². The van der Waals surface area contributed by atoms with E-state index in [-0.39, 0.29) is 6.10 Å². The van der Waals surface area contributed by atoms with Crippen LogP contribution in [0.15, 0.2) is 35.2 Å². The van der Waals surface area contributed by atoms with E-state index in [1.165, 1.54) is 16.7 Å².